The highest BCUT2D eigenvalue weighted by atomic mass is 127. The molecule has 2 rings (SSSR count). The van der Waals surface area contributed by atoms with Crippen LogP contribution in [-0.2, 0) is 0 Å². The van der Waals surface area contributed by atoms with Gasteiger partial charge in [0.05, 0.1) is 22.9 Å². The number of fused-ring (bicyclic) bond motifs is 1. The molecule has 0 aliphatic carbocycles. The molecule has 0 saturated heterocycles. The first-order valence-corrected chi connectivity index (χ1v) is 4.30. The third-order valence-corrected chi connectivity index (χ3v) is 1.89. The van der Waals surface area contributed by atoms with Gasteiger partial charge in [0.25, 0.3) is 0 Å². The fourth-order valence-electron chi connectivity index (χ4n) is 0.939. The zero-order chi connectivity index (χ0) is 8.55. The SMILES string of the molecule is Fc1ccc2nc(NI)oc2c1. The van der Waals surface area contributed by atoms with Crippen LogP contribution in [-0.4, -0.2) is 4.98 Å². The first-order chi connectivity index (χ1) is 5.79. The summed E-state index contributed by atoms with van der Waals surface area (Å²) in [6.07, 6.45) is 0. The minimum atomic E-state index is -0.321. The molecule has 62 valence electrons. The fraction of sp³-hybridized carbons (Fsp3) is 0. The van der Waals surface area contributed by atoms with Crippen molar-refractivity contribution in [1.29, 1.82) is 0 Å². The van der Waals surface area contributed by atoms with E-state index in [0.29, 0.717) is 17.1 Å². The average Bonchev–Trinajstić information content (AvgIpc) is 2.46. The Bertz CT molecular complexity index is 415. The van der Waals surface area contributed by atoms with E-state index < -0.39 is 0 Å². The third kappa shape index (κ3) is 1.24. The smallest absolute Gasteiger partial charge is 0.304 e. The number of nitrogens with one attached hydrogen (secondary N) is 1. The van der Waals surface area contributed by atoms with E-state index in [1.54, 1.807) is 6.07 Å². The molecule has 0 aliphatic rings. The van der Waals surface area contributed by atoms with E-state index in [-0.39, 0.29) is 5.82 Å². The summed E-state index contributed by atoms with van der Waals surface area (Å²) in [6, 6.07) is 4.61. The van der Waals surface area contributed by atoms with Crippen LogP contribution in [0.15, 0.2) is 22.6 Å². The van der Waals surface area contributed by atoms with Crippen LogP contribution < -0.4 is 3.53 Å². The molecular formula is C7H4FIN2O. The van der Waals surface area contributed by atoms with Gasteiger partial charge in [-0.15, -0.1) is 0 Å². The van der Waals surface area contributed by atoms with Crippen molar-refractivity contribution in [1.82, 2.24) is 4.98 Å². The number of anilines is 1. The van der Waals surface area contributed by atoms with E-state index in [0.717, 1.165) is 0 Å². The molecule has 0 atom stereocenters. The summed E-state index contributed by atoms with van der Waals surface area (Å²) >= 11 is 1.90. The Balaban J connectivity index is 2.67. The second-order valence-electron chi connectivity index (χ2n) is 2.23. The number of rotatable bonds is 1. The summed E-state index contributed by atoms with van der Waals surface area (Å²) in [5.74, 6) is -0.321. The van der Waals surface area contributed by atoms with E-state index >= 15 is 0 Å². The maximum absolute atomic E-state index is 12.6. The lowest BCUT2D eigenvalue weighted by atomic mass is 10.3. The minimum absolute atomic E-state index is 0.321. The highest BCUT2D eigenvalue weighted by molar-refractivity contribution is 14.1. The van der Waals surface area contributed by atoms with E-state index in [1.165, 1.54) is 12.1 Å². The van der Waals surface area contributed by atoms with Gasteiger partial charge in [-0.1, -0.05) is 0 Å². The maximum atomic E-state index is 12.6. The van der Waals surface area contributed by atoms with E-state index in [1.807, 2.05) is 22.9 Å². The Morgan fingerprint density at radius 1 is 1.50 bits per heavy atom. The van der Waals surface area contributed by atoms with Gasteiger partial charge in [-0.2, -0.15) is 4.98 Å². The van der Waals surface area contributed by atoms with Gasteiger partial charge in [-0.3, -0.25) is 3.53 Å². The van der Waals surface area contributed by atoms with E-state index in [2.05, 4.69) is 8.51 Å². The average molecular weight is 278 g/mol. The van der Waals surface area contributed by atoms with Gasteiger partial charge >= 0.3 is 6.01 Å². The molecule has 1 N–H and O–H groups in total. The summed E-state index contributed by atoms with van der Waals surface area (Å²) in [7, 11) is 0. The molecule has 1 aromatic heterocycles. The zero-order valence-corrected chi connectivity index (χ0v) is 8.00. The van der Waals surface area contributed by atoms with Crippen molar-refractivity contribution < 1.29 is 8.81 Å². The molecule has 0 unspecified atom stereocenters. The van der Waals surface area contributed by atoms with Crippen molar-refractivity contribution in [3.63, 3.8) is 0 Å². The monoisotopic (exact) mass is 278 g/mol. The first kappa shape index (κ1) is 7.78. The predicted molar refractivity (Wildman–Crippen MR) is 51.6 cm³/mol. The second-order valence-corrected chi connectivity index (χ2v) is 2.76. The number of aromatic nitrogens is 1. The largest absolute Gasteiger partial charge is 0.423 e. The van der Waals surface area contributed by atoms with Crippen LogP contribution in [0, 0.1) is 5.82 Å². The number of benzene rings is 1. The van der Waals surface area contributed by atoms with E-state index in [4.69, 9.17) is 4.42 Å². The second kappa shape index (κ2) is 2.89. The topological polar surface area (TPSA) is 38.1 Å². The molecule has 0 spiro atoms. The van der Waals surface area contributed by atoms with Crippen LogP contribution in [0.2, 0.25) is 0 Å². The van der Waals surface area contributed by atoms with E-state index in [9.17, 15) is 4.39 Å². The number of nitrogens with zero attached hydrogens (tertiary/aromatic N) is 1. The van der Waals surface area contributed by atoms with Gasteiger partial charge in [-0.05, 0) is 12.1 Å². The molecular weight excluding hydrogens is 274 g/mol. The molecule has 0 bridgehead atoms. The van der Waals surface area contributed by atoms with Crippen molar-refractivity contribution in [2.45, 2.75) is 0 Å². The van der Waals surface area contributed by atoms with Crippen LogP contribution in [0.3, 0.4) is 0 Å². The Morgan fingerprint density at radius 2 is 2.33 bits per heavy atom. The zero-order valence-electron chi connectivity index (χ0n) is 5.84. The third-order valence-electron chi connectivity index (χ3n) is 1.43. The Labute approximate surface area is 81.5 Å². The predicted octanol–water partition coefficient (Wildman–Crippen LogP) is 2.73. The van der Waals surface area contributed by atoms with Gasteiger partial charge in [0.15, 0.2) is 5.58 Å². The summed E-state index contributed by atoms with van der Waals surface area (Å²) < 4.78 is 20.5. The molecule has 5 heteroatoms. The van der Waals surface area contributed by atoms with Crippen molar-refractivity contribution in [3.8, 4) is 0 Å². The molecule has 3 nitrogen and oxygen atoms in total. The van der Waals surface area contributed by atoms with Gasteiger partial charge in [0.2, 0.25) is 0 Å². The summed E-state index contributed by atoms with van der Waals surface area (Å²) in [5.41, 5.74) is 1.10. The molecule has 1 heterocycles. The van der Waals surface area contributed by atoms with Gasteiger partial charge in [0, 0.05) is 6.07 Å². The lowest BCUT2D eigenvalue weighted by Crippen LogP contribution is -1.75. The highest BCUT2D eigenvalue weighted by Crippen LogP contribution is 2.20. The van der Waals surface area contributed by atoms with Gasteiger partial charge in [0.1, 0.15) is 11.3 Å². The molecule has 0 saturated carbocycles. The fourth-order valence-corrected chi connectivity index (χ4v) is 1.17. The summed E-state index contributed by atoms with van der Waals surface area (Å²) in [6.45, 7) is 0. The molecule has 0 fully saturated rings. The number of halogens is 2. The van der Waals surface area contributed by atoms with Crippen LogP contribution in [0.5, 0.6) is 0 Å². The van der Waals surface area contributed by atoms with Gasteiger partial charge in [-0.25, -0.2) is 4.39 Å². The Morgan fingerprint density at radius 3 is 3.08 bits per heavy atom. The highest BCUT2D eigenvalue weighted by Gasteiger charge is 2.04. The first-order valence-electron chi connectivity index (χ1n) is 3.22. The van der Waals surface area contributed by atoms with Crippen LogP contribution in [0.1, 0.15) is 0 Å². The Kier molecular flexibility index (Phi) is 1.87. The standard InChI is InChI=1S/C7H4FIN2O/c8-4-1-2-5-6(3-4)12-7(10-5)11-9/h1-3H,(H,10,11). The summed E-state index contributed by atoms with van der Waals surface area (Å²) in [4.78, 5) is 4.02. The van der Waals surface area contributed by atoms with Crippen LogP contribution >= 0.6 is 22.9 Å². The lowest BCUT2D eigenvalue weighted by molar-refractivity contribution is 0.607. The lowest BCUT2D eigenvalue weighted by Gasteiger charge is -1.84. The molecule has 0 aliphatic heterocycles. The van der Waals surface area contributed by atoms with Crippen molar-refractivity contribution >= 4 is 40.0 Å². The van der Waals surface area contributed by atoms with Crippen LogP contribution in [0.25, 0.3) is 11.1 Å². The maximum Gasteiger partial charge on any atom is 0.304 e. The quantitative estimate of drug-likeness (QED) is 0.643. The summed E-state index contributed by atoms with van der Waals surface area (Å²) in [5, 5.41) is 0. The molecule has 1 aromatic carbocycles. The molecule has 2 aromatic rings. The van der Waals surface area contributed by atoms with Crippen LogP contribution in [0.4, 0.5) is 10.4 Å². The van der Waals surface area contributed by atoms with Crippen molar-refractivity contribution in [2.24, 2.45) is 0 Å². The minimum Gasteiger partial charge on any atom is -0.423 e. The molecule has 0 radical (unpaired) electrons. The Hall–Kier alpha value is -0.850. The molecule has 12 heavy (non-hydrogen) atoms. The van der Waals surface area contributed by atoms with Crippen molar-refractivity contribution in [2.75, 3.05) is 3.53 Å². The van der Waals surface area contributed by atoms with Crippen molar-refractivity contribution in [3.05, 3.63) is 24.0 Å². The number of oxazole rings is 1. The number of hydrogen-bond acceptors (Lipinski definition) is 3. The molecule has 0 amide bonds. The van der Waals surface area contributed by atoms with Gasteiger partial charge < -0.3 is 4.42 Å². The number of hydrogen-bond donors (Lipinski definition) is 1. The normalized spacial score (nSPS) is 10.5.